The minimum atomic E-state index is -1.86. The predicted molar refractivity (Wildman–Crippen MR) is 126 cm³/mol. The van der Waals surface area contributed by atoms with Crippen LogP contribution in [-0.2, 0) is 10.8 Å². The quantitative estimate of drug-likeness (QED) is 0.398. The molecule has 0 aliphatic carbocycles. The number of nitrogens with zero attached hydrogens (tertiary/aromatic N) is 2. The summed E-state index contributed by atoms with van der Waals surface area (Å²) in [5.74, 6) is 0.0619. The Bertz CT molecular complexity index is 897. The average molecular weight is 518 g/mol. The molecule has 0 spiro atoms. The number of aromatic nitrogens is 2. The molecule has 3 N–H and O–H groups in total. The molecule has 5 nitrogen and oxygen atoms in total. The van der Waals surface area contributed by atoms with E-state index in [1.54, 1.807) is 0 Å². The highest BCUT2D eigenvalue weighted by Gasteiger charge is 2.39. The van der Waals surface area contributed by atoms with E-state index in [9.17, 15) is 0 Å². The summed E-state index contributed by atoms with van der Waals surface area (Å²) >= 11 is 16.4. The third-order valence-electron chi connectivity index (χ3n) is 5.90. The summed E-state index contributed by atoms with van der Waals surface area (Å²) in [6.07, 6.45) is 0.860. The standard InChI is InChI=1S/C20H27BrCl2N4OSi/c1-20(2,3)29(4,5)28-10-13-8-11-6-7-12(21)9-14(11)16(25-13)15-17(22)26-19(24)27-18(15)23/h6-7,9,13,16,25H,8,10H2,1-5H3,(H2,24,26,27). The van der Waals surface area contributed by atoms with E-state index in [0.717, 1.165) is 16.5 Å². The van der Waals surface area contributed by atoms with Crippen LogP contribution in [0.1, 0.15) is 43.5 Å². The van der Waals surface area contributed by atoms with E-state index in [-0.39, 0.29) is 33.4 Å². The maximum Gasteiger partial charge on any atom is 0.222 e. The second kappa shape index (κ2) is 8.44. The molecule has 0 bridgehead atoms. The Morgan fingerprint density at radius 2 is 1.86 bits per heavy atom. The van der Waals surface area contributed by atoms with E-state index in [1.165, 1.54) is 5.56 Å². The molecule has 3 rings (SSSR count). The monoisotopic (exact) mass is 516 g/mol. The molecule has 0 fully saturated rings. The number of fused-ring (bicyclic) bond motifs is 1. The van der Waals surface area contributed by atoms with Gasteiger partial charge >= 0.3 is 0 Å². The van der Waals surface area contributed by atoms with Crippen molar-refractivity contribution in [3.8, 4) is 0 Å². The number of nitrogen functional groups attached to an aromatic ring is 1. The van der Waals surface area contributed by atoms with Crippen LogP contribution in [0.25, 0.3) is 0 Å². The Morgan fingerprint density at radius 3 is 2.45 bits per heavy atom. The van der Waals surface area contributed by atoms with Gasteiger partial charge < -0.3 is 15.5 Å². The van der Waals surface area contributed by atoms with E-state index < -0.39 is 8.32 Å². The van der Waals surface area contributed by atoms with Gasteiger partial charge in [-0.3, -0.25) is 0 Å². The summed E-state index contributed by atoms with van der Waals surface area (Å²) in [5, 5.41) is 4.34. The van der Waals surface area contributed by atoms with Crippen LogP contribution in [0, 0.1) is 0 Å². The number of hydrogen-bond donors (Lipinski definition) is 2. The van der Waals surface area contributed by atoms with Crippen LogP contribution in [0.5, 0.6) is 0 Å². The van der Waals surface area contributed by atoms with Gasteiger partial charge in [-0.1, -0.05) is 66.0 Å². The zero-order chi connectivity index (χ0) is 21.6. The Balaban J connectivity index is 1.95. The molecule has 2 atom stereocenters. The van der Waals surface area contributed by atoms with E-state index in [4.69, 9.17) is 33.4 Å². The third-order valence-corrected chi connectivity index (χ3v) is 11.5. The van der Waals surface area contributed by atoms with Gasteiger partial charge in [0, 0.05) is 22.7 Å². The topological polar surface area (TPSA) is 73.1 Å². The molecule has 0 radical (unpaired) electrons. The van der Waals surface area contributed by atoms with Crippen molar-refractivity contribution in [3.63, 3.8) is 0 Å². The van der Waals surface area contributed by atoms with Gasteiger partial charge in [-0.05, 0) is 47.8 Å². The van der Waals surface area contributed by atoms with Gasteiger partial charge in [0.05, 0.1) is 6.04 Å². The van der Waals surface area contributed by atoms with Gasteiger partial charge in [-0.2, -0.15) is 0 Å². The second-order valence-corrected chi connectivity index (χ2v) is 15.4. The van der Waals surface area contributed by atoms with Crippen LogP contribution in [0.2, 0.25) is 28.4 Å². The van der Waals surface area contributed by atoms with Crippen LogP contribution < -0.4 is 11.1 Å². The lowest BCUT2D eigenvalue weighted by Crippen LogP contribution is -2.48. The van der Waals surface area contributed by atoms with Crippen LogP contribution in [0.15, 0.2) is 22.7 Å². The molecule has 158 valence electrons. The molecule has 0 saturated carbocycles. The highest BCUT2D eigenvalue weighted by molar-refractivity contribution is 9.10. The van der Waals surface area contributed by atoms with Crippen molar-refractivity contribution in [1.29, 1.82) is 0 Å². The summed E-state index contributed by atoms with van der Waals surface area (Å²) < 4.78 is 7.47. The molecule has 0 saturated heterocycles. The van der Waals surface area contributed by atoms with Crippen molar-refractivity contribution in [1.82, 2.24) is 15.3 Å². The molecule has 29 heavy (non-hydrogen) atoms. The van der Waals surface area contributed by atoms with Gasteiger partial charge in [0.2, 0.25) is 5.95 Å². The first kappa shape index (κ1) is 23.0. The number of hydrogen-bond acceptors (Lipinski definition) is 5. The maximum absolute atomic E-state index is 6.49. The fourth-order valence-electron chi connectivity index (χ4n) is 3.21. The molecular formula is C20H27BrCl2N4OSi. The summed E-state index contributed by atoms with van der Waals surface area (Å²) in [6.45, 7) is 11.9. The first-order valence-corrected chi connectivity index (χ1v) is 14.0. The molecule has 1 aromatic carbocycles. The minimum absolute atomic E-state index is 0.0619. The number of nitrogens with one attached hydrogen (secondary N) is 1. The summed E-state index contributed by atoms with van der Waals surface area (Å²) in [4.78, 5) is 8.24. The van der Waals surface area contributed by atoms with E-state index in [1.807, 2.05) is 0 Å². The summed E-state index contributed by atoms with van der Waals surface area (Å²) in [5.41, 5.74) is 8.67. The second-order valence-electron chi connectivity index (χ2n) is 8.99. The van der Waals surface area contributed by atoms with Crippen molar-refractivity contribution in [3.05, 3.63) is 49.7 Å². The molecule has 2 aromatic rings. The van der Waals surface area contributed by atoms with Gasteiger partial charge in [0.15, 0.2) is 8.32 Å². The highest BCUT2D eigenvalue weighted by Crippen LogP contribution is 2.40. The fraction of sp³-hybridized carbons (Fsp3) is 0.500. The van der Waals surface area contributed by atoms with Crippen molar-refractivity contribution in [2.24, 2.45) is 0 Å². The van der Waals surface area contributed by atoms with Crippen LogP contribution in [0.3, 0.4) is 0 Å². The summed E-state index contributed by atoms with van der Waals surface area (Å²) in [6, 6.07) is 6.14. The normalized spacial score (nSPS) is 19.9. The van der Waals surface area contributed by atoms with Crippen molar-refractivity contribution < 1.29 is 4.43 Å². The van der Waals surface area contributed by atoms with Crippen molar-refractivity contribution in [2.45, 2.75) is 57.4 Å². The predicted octanol–water partition coefficient (Wildman–Crippen LogP) is 5.75. The molecule has 2 heterocycles. The number of anilines is 1. The Morgan fingerprint density at radius 1 is 1.24 bits per heavy atom. The number of benzene rings is 1. The SMILES string of the molecule is CC(C)(C)[Si](C)(C)OCC1Cc2ccc(Br)cc2C(c2c(Cl)nc(N)nc2Cl)N1. The summed E-state index contributed by atoms with van der Waals surface area (Å²) in [7, 11) is -1.86. The molecule has 1 aromatic heterocycles. The fourth-order valence-corrected chi connectivity index (χ4v) is 5.26. The molecule has 0 amide bonds. The molecule has 2 unspecified atom stereocenters. The number of nitrogens with two attached hydrogens (primary N) is 1. The lowest BCUT2D eigenvalue weighted by molar-refractivity contribution is 0.229. The smallest absolute Gasteiger partial charge is 0.222 e. The first-order valence-electron chi connectivity index (χ1n) is 9.56. The van der Waals surface area contributed by atoms with Crippen LogP contribution in [-0.4, -0.2) is 30.9 Å². The van der Waals surface area contributed by atoms with Gasteiger partial charge in [-0.15, -0.1) is 0 Å². The average Bonchev–Trinajstić information content (AvgIpc) is 2.58. The van der Waals surface area contributed by atoms with Gasteiger partial charge in [0.1, 0.15) is 10.3 Å². The molecule has 1 aliphatic heterocycles. The molecular weight excluding hydrogens is 491 g/mol. The molecule has 1 aliphatic rings. The molecule has 9 heteroatoms. The maximum atomic E-state index is 6.49. The lowest BCUT2D eigenvalue weighted by Gasteiger charge is -2.39. The van der Waals surface area contributed by atoms with Crippen LogP contribution in [0.4, 0.5) is 5.95 Å². The van der Waals surface area contributed by atoms with Crippen LogP contribution >= 0.6 is 39.1 Å². The van der Waals surface area contributed by atoms with E-state index >= 15 is 0 Å². The minimum Gasteiger partial charge on any atom is -0.415 e. The Labute approximate surface area is 192 Å². The largest absolute Gasteiger partial charge is 0.415 e. The lowest BCUT2D eigenvalue weighted by atomic mass is 9.88. The Hall–Kier alpha value is -0.703. The van der Waals surface area contributed by atoms with E-state index in [2.05, 4.69) is 83.3 Å². The number of rotatable bonds is 4. The van der Waals surface area contributed by atoms with Crippen molar-refractivity contribution >= 4 is 53.4 Å². The number of halogens is 3. The first-order chi connectivity index (χ1) is 13.4. The zero-order valence-corrected chi connectivity index (χ0v) is 21.4. The van der Waals surface area contributed by atoms with Crippen molar-refractivity contribution in [2.75, 3.05) is 12.3 Å². The third kappa shape index (κ3) is 4.97. The van der Waals surface area contributed by atoms with Gasteiger partial charge in [0.25, 0.3) is 0 Å². The Kier molecular flexibility index (Phi) is 6.68. The van der Waals surface area contributed by atoms with Gasteiger partial charge in [-0.25, -0.2) is 9.97 Å². The van der Waals surface area contributed by atoms with E-state index in [0.29, 0.717) is 12.2 Å². The highest BCUT2D eigenvalue weighted by atomic mass is 79.9. The zero-order valence-electron chi connectivity index (χ0n) is 17.3.